The van der Waals surface area contributed by atoms with Crippen molar-refractivity contribution in [3.8, 4) is 11.5 Å². The molecular weight excluding hydrogens is 358 g/mol. The highest BCUT2D eigenvalue weighted by molar-refractivity contribution is 5.91. The van der Waals surface area contributed by atoms with Crippen molar-refractivity contribution >= 4 is 11.9 Å². The number of hydrogen-bond donors (Lipinski definition) is 0. The average Bonchev–Trinajstić information content (AvgIpc) is 2.65. The maximum Gasteiger partial charge on any atom is 0.410 e. The van der Waals surface area contributed by atoms with E-state index < -0.39 is 5.60 Å². The number of amides is 1. The summed E-state index contributed by atoms with van der Waals surface area (Å²) < 4.78 is 16.2. The molecule has 6 nitrogen and oxygen atoms in total. The SMILES string of the molecule is COc1ccc([C@]2(CCN(C)C(=O)OC(C)(C)C)C=CC(=O)CC2)cc1OC. The van der Waals surface area contributed by atoms with Gasteiger partial charge in [0.2, 0.25) is 0 Å². The Hall–Kier alpha value is -2.50. The molecule has 0 heterocycles. The molecule has 0 N–H and O–H groups in total. The lowest BCUT2D eigenvalue weighted by Crippen LogP contribution is -2.38. The van der Waals surface area contributed by atoms with E-state index in [2.05, 4.69) is 0 Å². The third-order valence-electron chi connectivity index (χ3n) is 4.96. The first-order valence-electron chi connectivity index (χ1n) is 9.49. The minimum atomic E-state index is -0.538. The summed E-state index contributed by atoms with van der Waals surface area (Å²) in [7, 11) is 4.93. The van der Waals surface area contributed by atoms with Gasteiger partial charge in [-0.25, -0.2) is 4.79 Å². The van der Waals surface area contributed by atoms with E-state index in [-0.39, 0.29) is 17.3 Å². The summed E-state index contributed by atoms with van der Waals surface area (Å²) in [6.45, 7) is 6.04. The van der Waals surface area contributed by atoms with Crippen molar-refractivity contribution < 1.29 is 23.8 Å². The van der Waals surface area contributed by atoms with Gasteiger partial charge in [0.15, 0.2) is 17.3 Å². The number of benzene rings is 1. The Morgan fingerprint density at radius 2 is 1.86 bits per heavy atom. The molecule has 1 aliphatic rings. The average molecular weight is 389 g/mol. The Kier molecular flexibility index (Phi) is 6.75. The quantitative estimate of drug-likeness (QED) is 0.732. The Balaban J connectivity index is 2.27. The van der Waals surface area contributed by atoms with Gasteiger partial charge in [0.1, 0.15) is 5.60 Å². The third kappa shape index (κ3) is 5.27. The van der Waals surface area contributed by atoms with Crippen LogP contribution in [0.1, 0.15) is 45.6 Å². The van der Waals surface area contributed by atoms with E-state index in [9.17, 15) is 9.59 Å². The summed E-state index contributed by atoms with van der Waals surface area (Å²) in [4.78, 5) is 25.7. The van der Waals surface area contributed by atoms with Crippen LogP contribution in [0, 0.1) is 0 Å². The van der Waals surface area contributed by atoms with Crippen molar-refractivity contribution in [1.82, 2.24) is 4.90 Å². The first-order valence-corrected chi connectivity index (χ1v) is 9.49. The molecule has 1 aliphatic carbocycles. The van der Waals surface area contributed by atoms with Gasteiger partial charge in [-0.15, -0.1) is 0 Å². The number of nitrogens with zero attached hydrogens (tertiary/aromatic N) is 1. The maximum absolute atomic E-state index is 12.3. The minimum absolute atomic E-state index is 0.122. The van der Waals surface area contributed by atoms with Crippen molar-refractivity contribution in [3.05, 3.63) is 35.9 Å². The molecule has 0 spiro atoms. The fourth-order valence-corrected chi connectivity index (χ4v) is 3.30. The molecular formula is C22H31NO5. The normalized spacial score (nSPS) is 19.3. The molecule has 0 aromatic heterocycles. The second-order valence-corrected chi connectivity index (χ2v) is 8.18. The highest BCUT2D eigenvalue weighted by atomic mass is 16.6. The zero-order valence-corrected chi connectivity index (χ0v) is 17.7. The summed E-state index contributed by atoms with van der Waals surface area (Å²) in [6.07, 6.45) is 5.07. The van der Waals surface area contributed by atoms with Crippen LogP contribution in [0.2, 0.25) is 0 Å². The molecule has 6 heteroatoms. The number of hydrogen-bond acceptors (Lipinski definition) is 5. The van der Waals surface area contributed by atoms with Gasteiger partial charge in [0.05, 0.1) is 14.2 Å². The third-order valence-corrected chi connectivity index (χ3v) is 4.96. The maximum atomic E-state index is 12.3. The molecule has 1 atom stereocenters. The summed E-state index contributed by atoms with van der Waals surface area (Å²) >= 11 is 0. The zero-order valence-electron chi connectivity index (χ0n) is 17.7. The van der Waals surface area contributed by atoms with Gasteiger partial charge in [0.25, 0.3) is 0 Å². The monoisotopic (exact) mass is 389 g/mol. The molecule has 1 aromatic rings. The van der Waals surface area contributed by atoms with Crippen molar-refractivity contribution in [2.75, 3.05) is 27.8 Å². The fraction of sp³-hybridized carbons (Fsp3) is 0.545. The number of ether oxygens (including phenoxy) is 3. The van der Waals surface area contributed by atoms with E-state index in [0.29, 0.717) is 37.3 Å². The molecule has 0 saturated heterocycles. The van der Waals surface area contributed by atoms with Gasteiger partial charge >= 0.3 is 6.09 Å². The molecule has 0 fully saturated rings. The van der Waals surface area contributed by atoms with Crippen LogP contribution >= 0.6 is 0 Å². The van der Waals surface area contributed by atoms with Crippen LogP contribution in [0.3, 0.4) is 0 Å². The Morgan fingerprint density at radius 1 is 1.18 bits per heavy atom. The van der Waals surface area contributed by atoms with E-state index in [0.717, 1.165) is 5.56 Å². The van der Waals surface area contributed by atoms with Gasteiger partial charge in [-0.05, 0) is 57.4 Å². The van der Waals surface area contributed by atoms with Crippen molar-refractivity contribution in [2.24, 2.45) is 0 Å². The lowest BCUT2D eigenvalue weighted by atomic mass is 9.71. The van der Waals surface area contributed by atoms with E-state index in [4.69, 9.17) is 14.2 Å². The molecule has 0 saturated carbocycles. The minimum Gasteiger partial charge on any atom is -0.493 e. The number of carbonyl (C=O) groups is 2. The van der Waals surface area contributed by atoms with Crippen LogP contribution in [0.5, 0.6) is 11.5 Å². The van der Waals surface area contributed by atoms with Gasteiger partial charge in [-0.3, -0.25) is 4.79 Å². The summed E-state index contributed by atoms with van der Waals surface area (Å²) in [5.74, 6) is 1.42. The molecule has 0 radical (unpaired) electrons. The van der Waals surface area contributed by atoms with Gasteiger partial charge in [-0.1, -0.05) is 12.1 Å². The number of methoxy groups -OCH3 is 2. The molecule has 0 aliphatic heterocycles. The molecule has 0 unspecified atom stereocenters. The fourth-order valence-electron chi connectivity index (χ4n) is 3.30. The summed E-state index contributed by atoms with van der Waals surface area (Å²) in [5, 5.41) is 0. The van der Waals surface area contributed by atoms with Crippen LogP contribution < -0.4 is 9.47 Å². The molecule has 28 heavy (non-hydrogen) atoms. The number of rotatable bonds is 6. The molecule has 2 rings (SSSR count). The van der Waals surface area contributed by atoms with E-state index >= 15 is 0 Å². The standard InChI is InChI=1S/C22H31NO5/c1-21(2,3)28-20(25)23(4)14-13-22(11-9-17(24)10-12-22)16-7-8-18(26-5)19(15-16)27-6/h7-9,11,15H,10,12-14H2,1-6H3/t22-/m1/s1. The molecule has 1 aromatic carbocycles. The zero-order chi connectivity index (χ0) is 20.9. The van der Waals surface area contributed by atoms with Crippen LogP contribution in [-0.2, 0) is 14.9 Å². The van der Waals surface area contributed by atoms with Gasteiger partial charge in [-0.2, -0.15) is 0 Å². The number of carbonyl (C=O) groups excluding carboxylic acids is 2. The Morgan fingerprint density at radius 3 is 2.39 bits per heavy atom. The Labute approximate surface area is 167 Å². The van der Waals surface area contributed by atoms with Crippen LogP contribution in [0.15, 0.2) is 30.4 Å². The lowest BCUT2D eigenvalue weighted by molar-refractivity contribution is -0.115. The first-order chi connectivity index (χ1) is 13.1. The molecule has 1 amide bonds. The van der Waals surface area contributed by atoms with E-state index in [1.165, 1.54) is 0 Å². The highest BCUT2D eigenvalue weighted by Gasteiger charge is 2.34. The van der Waals surface area contributed by atoms with Crippen molar-refractivity contribution in [1.29, 1.82) is 0 Å². The van der Waals surface area contributed by atoms with Crippen LogP contribution in [0.4, 0.5) is 4.79 Å². The van der Waals surface area contributed by atoms with E-state index in [1.54, 1.807) is 32.2 Å². The van der Waals surface area contributed by atoms with Gasteiger partial charge in [0, 0.05) is 25.4 Å². The van der Waals surface area contributed by atoms with Crippen LogP contribution in [0.25, 0.3) is 0 Å². The smallest absolute Gasteiger partial charge is 0.410 e. The lowest BCUT2D eigenvalue weighted by Gasteiger charge is -2.35. The number of allylic oxidation sites excluding steroid dienone is 2. The topological polar surface area (TPSA) is 65.1 Å². The summed E-state index contributed by atoms with van der Waals surface area (Å²) in [6, 6.07) is 5.82. The van der Waals surface area contributed by atoms with E-state index in [1.807, 2.05) is 45.0 Å². The second kappa shape index (κ2) is 8.67. The first kappa shape index (κ1) is 21.8. The molecule has 0 bridgehead atoms. The summed E-state index contributed by atoms with van der Waals surface area (Å²) in [5.41, 5.74) is 0.138. The van der Waals surface area contributed by atoms with Gasteiger partial charge < -0.3 is 19.1 Å². The predicted molar refractivity (Wildman–Crippen MR) is 108 cm³/mol. The largest absolute Gasteiger partial charge is 0.493 e. The predicted octanol–water partition coefficient (Wildman–Crippen LogP) is 4.12. The van der Waals surface area contributed by atoms with Crippen molar-refractivity contribution in [2.45, 2.75) is 51.0 Å². The highest BCUT2D eigenvalue weighted by Crippen LogP contribution is 2.41. The molecule has 154 valence electrons. The van der Waals surface area contributed by atoms with Crippen LogP contribution in [-0.4, -0.2) is 50.2 Å². The second-order valence-electron chi connectivity index (χ2n) is 8.18. The number of ketones is 1. The Bertz CT molecular complexity index is 750. The van der Waals surface area contributed by atoms with Crippen molar-refractivity contribution in [3.63, 3.8) is 0 Å².